The van der Waals surface area contributed by atoms with Gasteiger partial charge in [-0.05, 0) is 36.8 Å². The molecule has 0 aliphatic carbocycles. The van der Waals surface area contributed by atoms with Crippen molar-refractivity contribution < 1.29 is 23.8 Å². The number of likely N-dealkylation sites (N-methyl/N-ethyl adjacent to an activating group) is 1. The van der Waals surface area contributed by atoms with E-state index in [0.29, 0.717) is 41.8 Å². The summed E-state index contributed by atoms with van der Waals surface area (Å²) in [6.45, 7) is 2.76. The molecule has 0 N–H and O–H groups in total. The lowest BCUT2D eigenvalue weighted by Gasteiger charge is -2.21. The van der Waals surface area contributed by atoms with Crippen molar-refractivity contribution in [1.82, 2.24) is 9.88 Å². The third kappa shape index (κ3) is 4.91. The molecule has 162 valence electrons. The monoisotopic (exact) mass is 460 g/mol. The van der Waals surface area contributed by atoms with Crippen molar-refractivity contribution in [3.63, 3.8) is 0 Å². The number of amides is 1. The molecule has 1 amide bonds. The van der Waals surface area contributed by atoms with Gasteiger partial charge in [0.15, 0.2) is 17.6 Å². The second-order valence-electron chi connectivity index (χ2n) is 7.18. The van der Waals surface area contributed by atoms with E-state index in [1.54, 1.807) is 26.1 Å². The van der Waals surface area contributed by atoms with Gasteiger partial charge in [-0.2, -0.15) is 0 Å². The van der Waals surface area contributed by atoms with Crippen LogP contribution in [0.3, 0.4) is 0 Å². The average molecular weight is 461 g/mol. The third-order valence-corrected chi connectivity index (χ3v) is 6.05. The number of thiazole rings is 1. The number of carbonyl (C=O) groups is 2. The molecule has 0 fully saturated rings. The van der Waals surface area contributed by atoms with E-state index in [1.807, 2.05) is 24.3 Å². The van der Waals surface area contributed by atoms with E-state index in [4.69, 9.17) is 25.8 Å². The van der Waals surface area contributed by atoms with Crippen LogP contribution in [0.5, 0.6) is 11.5 Å². The summed E-state index contributed by atoms with van der Waals surface area (Å²) < 4.78 is 17.4. The molecule has 0 bridgehead atoms. The highest BCUT2D eigenvalue weighted by molar-refractivity contribution is 7.18. The molecule has 3 aromatic rings. The molecule has 9 heteroatoms. The first kappa shape index (κ1) is 21.4. The number of rotatable bonds is 6. The van der Waals surface area contributed by atoms with Gasteiger partial charge in [0.05, 0.1) is 28.2 Å². The third-order valence-electron chi connectivity index (χ3n) is 4.75. The Morgan fingerprint density at radius 2 is 2.03 bits per heavy atom. The van der Waals surface area contributed by atoms with E-state index in [2.05, 4.69) is 4.98 Å². The molecule has 1 unspecified atom stereocenters. The molecular formula is C22H21ClN2O5S. The minimum Gasteiger partial charge on any atom is -0.486 e. The zero-order chi connectivity index (χ0) is 22.0. The molecule has 7 nitrogen and oxygen atoms in total. The van der Waals surface area contributed by atoms with Crippen molar-refractivity contribution in [3.8, 4) is 11.5 Å². The van der Waals surface area contributed by atoms with Gasteiger partial charge in [-0.3, -0.25) is 9.59 Å². The van der Waals surface area contributed by atoms with Crippen LogP contribution in [0, 0.1) is 0 Å². The van der Waals surface area contributed by atoms with Gasteiger partial charge in [-0.25, -0.2) is 4.98 Å². The summed E-state index contributed by atoms with van der Waals surface area (Å²) in [5, 5.41) is 1.20. The van der Waals surface area contributed by atoms with Crippen LogP contribution in [-0.4, -0.2) is 48.1 Å². The Hall–Kier alpha value is -2.84. The van der Waals surface area contributed by atoms with Crippen molar-refractivity contribution in [2.75, 3.05) is 20.3 Å². The fraction of sp³-hybridized carbons (Fsp3) is 0.318. The normalized spacial score (nSPS) is 13.6. The molecule has 4 rings (SSSR count). The summed E-state index contributed by atoms with van der Waals surface area (Å²) in [5.41, 5.74) is 1.53. The molecule has 2 aromatic carbocycles. The Bertz CT molecular complexity index is 1100. The van der Waals surface area contributed by atoms with E-state index >= 15 is 0 Å². The predicted octanol–water partition coefficient (Wildman–Crippen LogP) is 3.85. The zero-order valence-corrected chi connectivity index (χ0v) is 18.7. The highest BCUT2D eigenvalue weighted by Crippen LogP contribution is 2.38. The van der Waals surface area contributed by atoms with E-state index in [1.165, 1.54) is 16.2 Å². The highest BCUT2D eigenvalue weighted by Gasteiger charge is 2.24. The number of aromatic nitrogens is 1. The standard InChI is InChI=1S/C22H21ClN2O5S/c1-13(22(27)25(2)12-19-24-16-5-3-4-6-18(16)31-19)30-20(26)11-14-9-15(23)21-17(10-14)28-7-8-29-21/h3-6,9-10,13H,7-8,11-12H2,1-2H3. The number of esters is 1. The number of hydrogen-bond acceptors (Lipinski definition) is 7. The number of carbonyl (C=O) groups excluding carboxylic acids is 2. The first-order chi connectivity index (χ1) is 14.9. The molecule has 31 heavy (non-hydrogen) atoms. The van der Waals surface area contributed by atoms with Gasteiger partial charge in [0.1, 0.15) is 18.2 Å². The molecule has 0 spiro atoms. The molecular weight excluding hydrogens is 440 g/mol. The van der Waals surface area contributed by atoms with Gasteiger partial charge in [0.2, 0.25) is 0 Å². The van der Waals surface area contributed by atoms with E-state index in [-0.39, 0.29) is 12.3 Å². The fourth-order valence-electron chi connectivity index (χ4n) is 3.30. The fourth-order valence-corrected chi connectivity index (χ4v) is 4.61. The molecule has 2 heterocycles. The topological polar surface area (TPSA) is 78.0 Å². The number of nitrogens with zero attached hydrogens (tertiary/aromatic N) is 2. The average Bonchev–Trinajstić information content (AvgIpc) is 3.15. The zero-order valence-electron chi connectivity index (χ0n) is 17.1. The molecule has 1 aliphatic heterocycles. The van der Waals surface area contributed by atoms with Crippen molar-refractivity contribution in [3.05, 3.63) is 52.0 Å². The molecule has 1 atom stereocenters. The first-order valence-electron chi connectivity index (χ1n) is 9.77. The van der Waals surface area contributed by atoms with Crippen LogP contribution in [0.1, 0.15) is 17.5 Å². The minimum absolute atomic E-state index is 0.0322. The summed E-state index contributed by atoms with van der Waals surface area (Å²) in [7, 11) is 1.67. The van der Waals surface area contributed by atoms with E-state index in [9.17, 15) is 9.59 Å². The molecule has 0 saturated carbocycles. The van der Waals surface area contributed by atoms with Crippen molar-refractivity contribution >= 4 is 45.0 Å². The minimum atomic E-state index is -0.917. The summed E-state index contributed by atoms with van der Waals surface area (Å²) >= 11 is 7.75. The van der Waals surface area contributed by atoms with Crippen molar-refractivity contribution in [2.24, 2.45) is 0 Å². The SMILES string of the molecule is CC(OC(=O)Cc1cc(Cl)c2c(c1)OCCO2)C(=O)N(C)Cc1nc2ccccc2s1. The molecule has 0 saturated heterocycles. The number of benzene rings is 2. The summed E-state index contributed by atoms with van der Waals surface area (Å²) in [6.07, 6.45) is -0.949. The van der Waals surface area contributed by atoms with Crippen LogP contribution in [0.25, 0.3) is 10.2 Å². The quantitative estimate of drug-likeness (QED) is 0.520. The van der Waals surface area contributed by atoms with Gasteiger partial charge in [-0.1, -0.05) is 23.7 Å². The lowest BCUT2D eigenvalue weighted by atomic mass is 10.1. The Labute approximate surface area is 188 Å². The predicted molar refractivity (Wildman–Crippen MR) is 118 cm³/mol. The molecule has 1 aliphatic rings. The second kappa shape index (κ2) is 9.11. The Kier molecular flexibility index (Phi) is 6.29. The number of fused-ring (bicyclic) bond motifs is 2. The maximum absolute atomic E-state index is 12.7. The number of ether oxygens (including phenoxy) is 3. The van der Waals surface area contributed by atoms with Crippen LogP contribution in [0.2, 0.25) is 5.02 Å². The van der Waals surface area contributed by atoms with Crippen molar-refractivity contribution in [1.29, 1.82) is 0 Å². The number of hydrogen-bond donors (Lipinski definition) is 0. The van der Waals surface area contributed by atoms with Crippen LogP contribution in [-0.2, 0) is 27.3 Å². The van der Waals surface area contributed by atoms with Crippen LogP contribution in [0.4, 0.5) is 0 Å². The summed E-state index contributed by atoms with van der Waals surface area (Å²) in [4.78, 5) is 31.1. The molecule has 1 aromatic heterocycles. The van der Waals surface area contributed by atoms with E-state index in [0.717, 1.165) is 15.2 Å². The van der Waals surface area contributed by atoms with E-state index < -0.39 is 12.1 Å². The highest BCUT2D eigenvalue weighted by atomic mass is 35.5. The van der Waals surface area contributed by atoms with Gasteiger partial charge < -0.3 is 19.1 Å². The van der Waals surface area contributed by atoms with Gasteiger partial charge in [0.25, 0.3) is 5.91 Å². The summed E-state index contributed by atoms with van der Waals surface area (Å²) in [5.74, 6) is 0.154. The lowest BCUT2D eigenvalue weighted by Crippen LogP contribution is -2.37. The number of para-hydroxylation sites is 1. The second-order valence-corrected chi connectivity index (χ2v) is 8.70. The van der Waals surface area contributed by atoms with Gasteiger partial charge in [0, 0.05) is 7.05 Å². The van der Waals surface area contributed by atoms with Crippen LogP contribution >= 0.6 is 22.9 Å². The smallest absolute Gasteiger partial charge is 0.311 e. The van der Waals surface area contributed by atoms with Gasteiger partial charge in [-0.15, -0.1) is 11.3 Å². The lowest BCUT2D eigenvalue weighted by molar-refractivity contribution is -0.158. The largest absolute Gasteiger partial charge is 0.486 e. The maximum atomic E-state index is 12.7. The number of halogens is 1. The Morgan fingerprint density at radius 3 is 2.84 bits per heavy atom. The van der Waals surface area contributed by atoms with Crippen molar-refractivity contribution in [2.45, 2.75) is 26.0 Å². The van der Waals surface area contributed by atoms with Gasteiger partial charge >= 0.3 is 5.97 Å². The maximum Gasteiger partial charge on any atom is 0.311 e. The molecule has 0 radical (unpaired) electrons. The van der Waals surface area contributed by atoms with Crippen LogP contribution in [0.15, 0.2) is 36.4 Å². The Morgan fingerprint density at radius 1 is 1.26 bits per heavy atom. The van der Waals surface area contributed by atoms with Crippen LogP contribution < -0.4 is 9.47 Å². The first-order valence-corrected chi connectivity index (χ1v) is 11.0. The summed E-state index contributed by atoms with van der Waals surface area (Å²) in [6, 6.07) is 11.2. The Balaban J connectivity index is 1.34.